The van der Waals surface area contributed by atoms with E-state index in [2.05, 4.69) is 24.5 Å². The van der Waals surface area contributed by atoms with Crippen LogP contribution in [0.2, 0.25) is 0 Å². The molecule has 19 heavy (non-hydrogen) atoms. The maximum Gasteiger partial charge on any atom is 0.239 e. The van der Waals surface area contributed by atoms with Gasteiger partial charge < -0.3 is 15.4 Å². The number of morpholine rings is 1. The van der Waals surface area contributed by atoms with Gasteiger partial charge in [0.25, 0.3) is 0 Å². The molecular weight excluding hydrogens is 240 g/mol. The summed E-state index contributed by atoms with van der Waals surface area (Å²) in [6, 6.07) is -0.170. The average molecular weight is 268 g/mol. The zero-order chi connectivity index (χ0) is 13.7. The van der Waals surface area contributed by atoms with Crippen molar-refractivity contribution in [2.45, 2.75) is 52.0 Å². The van der Waals surface area contributed by atoms with Crippen molar-refractivity contribution in [2.24, 2.45) is 11.3 Å². The van der Waals surface area contributed by atoms with Gasteiger partial charge in [0.05, 0.1) is 13.2 Å². The molecule has 1 saturated heterocycles. The number of rotatable bonds is 4. The predicted molar refractivity (Wildman–Crippen MR) is 76.0 cm³/mol. The van der Waals surface area contributed by atoms with E-state index in [4.69, 9.17) is 4.74 Å². The molecule has 4 nitrogen and oxygen atoms in total. The first-order chi connectivity index (χ1) is 9.09. The van der Waals surface area contributed by atoms with Gasteiger partial charge in [0.15, 0.2) is 0 Å². The molecule has 0 aromatic carbocycles. The van der Waals surface area contributed by atoms with Crippen LogP contribution in [-0.4, -0.2) is 38.3 Å². The summed E-state index contributed by atoms with van der Waals surface area (Å²) in [7, 11) is 0. The van der Waals surface area contributed by atoms with Crippen molar-refractivity contribution in [1.82, 2.24) is 10.6 Å². The van der Waals surface area contributed by atoms with Crippen LogP contribution in [0.1, 0.15) is 46.0 Å². The van der Waals surface area contributed by atoms with Crippen LogP contribution in [0.5, 0.6) is 0 Å². The van der Waals surface area contributed by atoms with Crippen molar-refractivity contribution >= 4 is 5.91 Å². The molecule has 1 unspecified atom stereocenters. The van der Waals surface area contributed by atoms with Gasteiger partial charge in [0, 0.05) is 13.1 Å². The van der Waals surface area contributed by atoms with E-state index in [1.807, 2.05) is 0 Å². The maximum absolute atomic E-state index is 12.1. The Bertz CT molecular complexity index is 293. The zero-order valence-electron chi connectivity index (χ0n) is 12.3. The van der Waals surface area contributed by atoms with Gasteiger partial charge in [0.1, 0.15) is 6.04 Å². The van der Waals surface area contributed by atoms with Gasteiger partial charge in [-0.2, -0.15) is 0 Å². The van der Waals surface area contributed by atoms with Crippen LogP contribution >= 0.6 is 0 Å². The summed E-state index contributed by atoms with van der Waals surface area (Å²) in [6.07, 6.45) is 6.70. The quantitative estimate of drug-likeness (QED) is 0.816. The molecule has 1 atom stereocenters. The average Bonchev–Trinajstić information content (AvgIpc) is 2.47. The summed E-state index contributed by atoms with van der Waals surface area (Å²) in [4.78, 5) is 12.1. The van der Waals surface area contributed by atoms with Crippen LogP contribution in [0, 0.1) is 11.3 Å². The van der Waals surface area contributed by atoms with Crippen LogP contribution in [0.4, 0.5) is 0 Å². The van der Waals surface area contributed by atoms with Gasteiger partial charge in [-0.05, 0) is 24.2 Å². The summed E-state index contributed by atoms with van der Waals surface area (Å²) in [6.45, 7) is 7.31. The zero-order valence-corrected chi connectivity index (χ0v) is 12.3. The highest BCUT2D eigenvalue weighted by atomic mass is 16.5. The van der Waals surface area contributed by atoms with Crippen molar-refractivity contribution in [3.8, 4) is 0 Å². The second-order valence-electron chi connectivity index (χ2n) is 6.62. The highest BCUT2D eigenvalue weighted by Crippen LogP contribution is 2.37. The summed E-state index contributed by atoms with van der Waals surface area (Å²) in [5.74, 6) is 0.834. The van der Waals surface area contributed by atoms with Crippen molar-refractivity contribution < 1.29 is 9.53 Å². The number of nitrogens with one attached hydrogen (secondary N) is 2. The first-order valence-corrected chi connectivity index (χ1v) is 7.68. The van der Waals surface area contributed by atoms with Crippen LogP contribution in [0.15, 0.2) is 0 Å². The monoisotopic (exact) mass is 268 g/mol. The molecule has 2 aliphatic rings. The molecule has 1 aliphatic heterocycles. The van der Waals surface area contributed by atoms with E-state index in [-0.39, 0.29) is 17.4 Å². The maximum atomic E-state index is 12.1. The Hall–Kier alpha value is -0.610. The number of hydrogen-bond donors (Lipinski definition) is 2. The molecule has 110 valence electrons. The fraction of sp³-hybridized carbons (Fsp3) is 0.933. The third-order valence-electron chi connectivity index (χ3n) is 4.67. The Labute approximate surface area is 116 Å². The van der Waals surface area contributed by atoms with E-state index in [9.17, 15) is 4.79 Å². The smallest absolute Gasteiger partial charge is 0.239 e. The minimum atomic E-state index is -0.170. The lowest BCUT2D eigenvalue weighted by molar-refractivity contribution is -0.126. The van der Waals surface area contributed by atoms with E-state index < -0.39 is 0 Å². The molecule has 0 bridgehead atoms. The summed E-state index contributed by atoms with van der Waals surface area (Å²) < 4.78 is 5.33. The number of hydrogen-bond acceptors (Lipinski definition) is 3. The largest absolute Gasteiger partial charge is 0.378 e. The SMILES string of the molecule is CC(C)(CNC(=O)C1COCCN1)C1CCCCC1. The molecule has 4 heteroatoms. The summed E-state index contributed by atoms with van der Waals surface area (Å²) >= 11 is 0. The highest BCUT2D eigenvalue weighted by Gasteiger charge is 2.31. The van der Waals surface area contributed by atoms with Gasteiger partial charge in [0.2, 0.25) is 5.91 Å². The summed E-state index contributed by atoms with van der Waals surface area (Å²) in [5.41, 5.74) is 0.200. The highest BCUT2D eigenvalue weighted by molar-refractivity contribution is 5.82. The number of carbonyl (C=O) groups is 1. The minimum absolute atomic E-state index is 0.0867. The first-order valence-electron chi connectivity index (χ1n) is 7.68. The lowest BCUT2D eigenvalue weighted by Gasteiger charge is -2.37. The molecule has 2 N–H and O–H groups in total. The normalized spacial score (nSPS) is 26.1. The molecule has 0 aromatic rings. The van der Waals surface area contributed by atoms with E-state index in [1.165, 1.54) is 32.1 Å². The van der Waals surface area contributed by atoms with Crippen LogP contribution in [0.25, 0.3) is 0 Å². The molecule has 1 heterocycles. The lowest BCUT2D eigenvalue weighted by Crippen LogP contribution is -2.53. The van der Waals surface area contributed by atoms with Crippen LogP contribution in [-0.2, 0) is 9.53 Å². The topological polar surface area (TPSA) is 50.4 Å². The van der Waals surface area contributed by atoms with E-state index in [0.29, 0.717) is 13.2 Å². The molecule has 2 rings (SSSR count). The van der Waals surface area contributed by atoms with Gasteiger partial charge in [-0.15, -0.1) is 0 Å². The molecule has 0 radical (unpaired) electrons. The molecular formula is C15H28N2O2. The molecule has 0 spiro atoms. The predicted octanol–water partition coefficient (Wildman–Crippen LogP) is 1.70. The third kappa shape index (κ3) is 4.18. The number of ether oxygens (including phenoxy) is 1. The fourth-order valence-electron chi connectivity index (χ4n) is 3.20. The Kier molecular flexibility index (Phi) is 5.22. The fourth-order valence-corrected chi connectivity index (χ4v) is 3.20. The Morgan fingerprint density at radius 2 is 2.05 bits per heavy atom. The van der Waals surface area contributed by atoms with Crippen LogP contribution in [0.3, 0.4) is 0 Å². The first kappa shape index (κ1) is 14.8. The van der Waals surface area contributed by atoms with E-state index in [0.717, 1.165) is 19.0 Å². The van der Waals surface area contributed by atoms with Crippen LogP contribution < -0.4 is 10.6 Å². The Morgan fingerprint density at radius 1 is 1.32 bits per heavy atom. The van der Waals surface area contributed by atoms with Crippen molar-refractivity contribution in [1.29, 1.82) is 0 Å². The minimum Gasteiger partial charge on any atom is -0.378 e. The molecule has 0 aromatic heterocycles. The second-order valence-corrected chi connectivity index (χ2v) is 6.62. The molecule has 1 aliphatic carbocycles. The van der Waals surface area contributed by atoms with Gasteiger partial charge in [-0.1, -0.05) is 33.1 Å². The van der Waals surface area contributed by atoms with Gasteiger partial charge in [-0.3, -0.25) is 4.79 Å². The Morgan fingerprint density at radius 3 is 2.68 bits per heavy atom. The van der Waals surface area contributed by atoms with Crippen molar-refractivity contribution in [3.05, 3.63) is 0 Å². The van der Waals surface area contributed by atoms with E-state index >= 15 is 0 Å². The molecule has 1 saturated carbocycles. The van der Waals surface area contributed by atoms with Crippen molar-refractivity contribution in [3.63, 3.8) is 0 Å². The molecule has 1 amide bonds. The van der Waals surface area contributed by atoms with Crippen molar-refractivity contribution in [2.75, 3.05) is 26.3 Å². The molecule has 2 fully saturated rings. The number of amides is 1. The lowest BCUT2D eigenvalue weighted by atomic mass is 9.71. The van der Waals surface area contributed by atoms with E-state index in [1.54, 1.807) is 0 Å². The van der Waals surface area contributed by atoms with Gasteiger partial charge >= 0.3 is 0 Å². The van der Waals surface area contributed by atoms with Gasteiger partial charge in [-0.25, -0.2) is 0 Å². The number of carbonyl (C=O) groups excluding carboxylic acids is 1. The standard InChI is InChI=1S/C15H28N2O2/c1-15(2,12-6-4-3-5-7-12)11-17-14(18)13-10-19-9-8-16-13/h12-13,16H,3-11H2,1-2H3,(H,17,18). The second kappa shape index (κ2) is 6.71. The third-order valence-corrected chi connectivity index (χ3v) is 4.67. The Balaban J connectivity index is 1.77. The summed E-state index contributed by atoms with van der Waals surface area (Å²) in [5, 5.41) is 6.31.